The summed E-state index contributed by atoms with van der Waals surface area (Å²) in [7, 11) is 1.50. The normalized spacial score (nSPS) is 11.4. The van der Waals surface area contributed by atoms with Crippen molar-refractivity contribution in [2.45, 2.75) is 39.7 Å². The Morgan fingerprint density at radius 2 is 2.00 bits per heavy atom. The monoisotopic (exact) mass is 332 g/mol. The minimum absolute atomic E-state index is 0.0712. The highest BCUT2D eigenvalue weighted by Gasteiger charge is 2.21. The molecule has 2 rings (SSSR count). The maximum Gasteiger partial charge on any atom is 0.383 e. The van der Waals surface area contributed by atoms with Crippen LogP contribution in [0, 0.1) is 0 Å². The molecule has 0 atom stereocenters. The fraction of sp³-hybridized carbons (Fsp3) is 0.421. The van der Waals surface area contributed by atoms with Crippen LogP contribution in [0.2, 0.25) is 0 Å². The molecule has 0 saturated carbocycles. The predicted octanol–water partition coefficient (Wildman–Crippen LogP) is 4.32. The lowest BCUT2D eigenvalue weighted by Gasteiger charge is -2.15. The Kier molecular flexibility index (Phi) is 6.29. The van der Waals surface area contributed by atoms with E-state index < -0.39 is 5.63 Å². The fourth-order valence-electron chi connectivity index (χ4n) is 2.35. The van der Waals surface area contributed by atoms with Crippen molar-refractivity contribution in [2.24, 2.45) is 0 Å². The number of allylic oxidation sites excluding steroid dienone is 1. The topological polar surface area (TPSA) is 57.9 Å². The zero-order valence-corrected chi connectivity index (χ0v) is 14.6. The van der Waals surface area contributed by atoms with Gasteiger partial charge in [0.05, 0.1) is 19.8 Å². The quantitative estimate of drug-likeness (QED) is 0.409. The summed E-state index contributed by atoms with van der Waals surface area (Å²) in [6, 6.07) is 5.32. The van der Waals surface area contributed by atoms with E-state index in [-0.39, 0.29) is 11.9 Å². The van der Waals surface area contributed by atoms with Crippen LogP contribution in [0.3, 0.4) is 0 Å². The Hall–Kier alpha value is -2.43. The third-order valence-electron chi connectivity index (χ3n) is 3.31. The molecule has 1 aromatic heterocycles. The van der Waals surface area contributed by atoms with Crippen molar-refractivity contribution >= 4 is 11.0 Å². The number of hydrogen-bond donors (Lipinski definition) is 0. The van der Waals surface area contributed by atoms with Gasteiger partial charge in [0.25, 0.3) is 0 Å². The molecule has 0 radical (unpaired) electrons. The van der Waals surface area contributed by atoms with E-state index in [1.165, 1.54) is 7.11 Å². The third kappa shape index (κ3) is 4.10. The molecule has 5 heteroatoms. The molecule has 130 valence electrons. The molecule has 0 unspecified atom stereocenters. The molecule has 2 aromatic rings. The Balaban J connectivity index is 2.45. The van der Waals surface area contributed by atoms with E-state index in [1.807, 2.05) is 19.9 Å². The molecule has 0 fully saturated rings. The summed E-state index contributed by atoms with van der Waals surface area (Å²) in [5.41, 5.74) is -0.148. The van der Waals surface area contributed by atoms with Gasteiger partial charge in [-0.3, -0.25) is 0 Å². The number of methoxy groups -OCH3 is 1. The van der Waals surface area contributed by atoms with Gasteiger partial charge in [0.2, 0.25) is 5.75 Å². The van der Waals surface area contributed by atoms with Crippen LogP contribution >= 0.6 is 0 Å². The van der Waals surface area contributed by atoms with Gasteiger partial charge in [0.15, 0.2) is 5.75 Å². The highest BCUT2D eigenvalue weighted by atomic mass is 16.5. The smallest absolute Gasteiger partial charge is 0.383 e. The number of ether oxygens (including phenoxy) is 3. The molecule has 0 amide bonds. The van der Waals surface area contributed by atoms with Crippen molar-refractivity contribution in [3.8, 4) is 17.2 Å². The Morgan fingerprint density at radius 3 is 2.67 bits per heavy atom. The van der Waals surface area contributed by atoms with Gasteiger partial charge in [-0.15, -0.1) is 0 Å². The molecule has 0 N–H and O–H groups in total. The second-order valence-corrected chi connectivity index (χ2v) is 5.56. The second kappa shape index (κ2) is 8.43. The lowest BCUT2D eigenvalue weighted by atomic mass is 10.2. The van der Waals surface area contributed by atoms with Gasteiger partial charge in [0, 0.05) is 0 Å². The standard InChI is InChI=1S/C19H24O5/c1-5-6-7-8-12-22-14-10-9-11-15-16(14)17(21-4)18(19(20)24-15)23-13(2)3/h6-7,9-11,13H,5,8,12H2,1-4H3/b7-6+. The van der Waals surface area contributed by atoms with E-state index >= 15 is 0 Å². The summed E-state index contributed by atoms with van der Waals surface area (Å²) in [6.07, 6.45) is 5.81. The highest BCUT2D eigenvalue weighted by molar-refractivity contribution is 5.91. The molecule has 5 nitrogen and oxygen atoms in total. The fourth-order valence-corrected chi connectivity index (χ4v) is 2.35. The van der Waals surface area contributed by atoms with E-state index in [0.29, 0.717) is 29.1 Å². The average molecular weight is 332 g/mol. The van der Waals surface area contributed by atoms with Crippen LogP contribution in [-0.4, -0.2) is 19.8 Å². The Labute approximate surface area is 141 Å². The van der Waals surface area contributed by atoms with Crippen LogP contribution in [0.15, 0.2) is 39.6 Å². The van der Waals surface area contributed by atoms with Crippen LogP contribution in [0.5, 0.6) is 17.2 Å². The number of benzene rings is 1. The van der Waals surface area contributed by atoms with Gasteiger partial charge in [0.1, 0.15) is 16.7 Å². The van der Waals surface area contributed by atoms with Gasteiger partial charge in [-0.05, 0) is 38.8 Å². The molecule has 1 heterocycles. The van der Waals surface area contributed by atoms with Crippen LogP contribution in [0.4, 0.5) is 0 Å². The summed E-state index contributed by atoms with van der Waals surface area (Å²) < 4.78 is 22.3. The lowest BCUT2D eigenvalue weighted by Crippen LogP contribution is -2.15. The molecular weight excluding hydrogens is 308 g/mol. The first-order valence-electron chi connectivity index (χ1n) is 8.16. The number of fused-ring (bicyclic) bond motifs is 1. The Morgan fingerprint density at radius 1 is 1.21 bits per heavy atom. The molecule has 0 aliphatic carbocycles. The van der Waals surface area contributed by atoms with Crippen molar-refractivity contribution in [1.82, 2.24) is 0 Å². The minimum atomic E-state index is -0.559. The summed E-state index contributed by atoms with van der Waals surface area (Å²) >= 11 is 0. The molecule has 0 aliphatic heterocycles. The van der Waals surface area contributed by atoms with E-state index in [9.17, 15) is 4.79 Å². The van der Waals surface area contributed by atoms with Crippen LogP contribution in [0.1, 0.15) is 33.6 Å². The number of hydrogen-bond acceptors (Lipinski definition) is 5. The SMILES string of the molecule is CC/C=C/CCOc1cccc2oc(=O)c(OC(C)C)c(OC)c12. The highest BCUT2D eigenvalue weighted by Crippen LogP contribution is 2.38. The van der Waals surface area contributed by atoms with Crippen molar-refractivity contribution in [3.63, 3.8) is 0 Å². The van der Waals surface area contributed by atoms with E-state index in [2.05, 4.69) is 19.1 Å². The van der Waals surface area contributed by atoms with Crippen LogP contribution in [0.25, 0.3) is 11.0 Å². The first-order valence-corrected chi connectivity index (χ1v) is 8.16. The van der Waals surface area contributed by atoms with Crippen LogP contribution in [-0.2, 0) is 0 Å². The van der Waals surface area contributed by atoms with E-state index in [1.54, 1.807) is 12.1 Å². The van der Waals surface area contributed by atoms with Gasteiger partial charge in [-0.1, -0.05) is 25.1 Å². The van der Waals surface area contributed by atoms with Crippen LogP contribution < -0.4 is 19.8 Å². The molecule has 0 bridgehead atoms. The first kappa shape index (κ1) is 17.9. The summed E-state index contributed by atoms with van der Waals surface area (Å²) in [5, 5.41) is 0.606. The minimum Gasteiger partial charge on any atom is -0.492 e. The van der Waals surface area contributed by atoms with Crippen molar-refractivity contribution in [3.05, 3.63) is 40.8 Å². The van der Waals surface area contributed by atoms with Crippen molar-refractivity contribution < 1.29 is 18.6 Å². The average Bonchev–Trinajstić information content (AvgIpc) is 2.55. The van der Waals surface area contributed by atoms with Gasteiger partial charge < -0.3 is 18.6 Å². The van der Waals surface area contributed by atoms with Crippen molar-refractivity contribution in [2.75, 3.05) is 13.7 Å². The third-order valence-corrected chi connectivity index (χ3v) is 3.31. The molecule has 24 heavy (non-hydrogen) atoms. The van der Waals surface area contributed by atoms with Gasteiger partial charge >= 0.3 is 5.63 Å². The second-order valence-electron chi connectivity index (χ2n) is 5.56. The largest absolute Gasteiger partial charge is 0.492 e. The predicted molar refractivity (Wildman–Crippen MR) is 94.3 cm³/mol. The molecule has 1 aromatic carbocycles. The lowest BCUT2D eigenvalue weighted by molar-refractivity contribution is 0.219. The molecule has 0 aliphatic rings. The van der Waals surface area contributed by atoms with Crippen molar-refractivity contribution in [1.29, 1.82) is 0 Å². The molecular formula is C19H24O5. The first-order chi connectivity index (χ1) is 11.6. The summed E-state index contributed by atoms with van der Waals surface area (Å²) in [6.45, 7) is 6.29. The molecule has 0 saturated heterocycles. The van der Waals surface area contributed by atoms with Gasteiger partial charge in [-0.2, -0.15) is 0 Å². The zero-order chi connectivity index (χ0) is 17.5. The van der Waals surface area contributed by atoms with E-state index in [4.69, 9.17) is 18.6 Å². The Bertz CT molecular complexity index is 758. The maximum atomic E-state index is 12.2. The molecule has 0 spiro atoms. The zero-order valence-electron chi connectivity index (χ0n) is 14.6. The summed E-state index contributed by atoms with van der Waals surface area (Å²) in [4.78, 5) is 12.2. The van der Waals surface area contributed by atoms with Gasteiger partial charge in [-0.25, -0.2) is 4.79 Å². The maximum absolute atomic E-state index is 12.2. The summed E-state index contributed by atoms with van der Waals surface area (Å²) in [5.74, 6) is 1.02. The number of rotatable bonds is 8. The van der Waals surface area contributed by atoms with E-state index in [0.717, 1.165) is 12.8 Å².